The highest BCUT2D eigenvalue weighted by molar-refractivity contribution is 5.83. The van der Waals surface area contributed by atoms with Crippen LogP contribution in [0.1, 0.15) is 11.1 Å². The fourth-order valence-electron chi connectivity index (χ4n) is 2.99. The number of hydrogen-bond acceptors (Lipinski definition) is 6. The minimum atomic E-state index is -0.484. The lowest BCUT2D eigenvalue weighted by Gasteiger charge is -2.10. The molecular weight excluding hydrogens is 432 g/mol. The zero-order valence-electron chi connectivity index (χ0n) is 18.8. The first-order valence-corrected chi connectivity index (χ1v) is 10.8. The van der Waals surface area contributed by atoms with Crippen LogP contribution in [0, 0.1) is 0 Å². The molecule has 3 aromatic rings. The van der Waals surface area contributed by atoms with Crippen molar-refractivity contribution in [1.82, 2.24) is 0 Å². The first-order chi connectivity index (χ1) is 16.6. The van der Waals surface area contributed by atoms with Gasteiger partial charge in [-0.25, -0.2) is 9.59 Å². The molecule has 0 saturated carbocycles. The Kier molecular flexibility index (Phi) is 9.05. The standard InChI is InChI=1S/C28H26O6/c1-3-27(29)33-23-12-8-21(9-13-23)16-18-31-25-6-5-7-26(20-25)32-19-17-22-10-14-24(15-11-22)34-28(30)4-2/h3-15,20H,1-2,16-19H2. The third kappa shape index (κ3) is 7.98. The Hall–Kier alpha value is -4.32. The van der Waals surface area contributed by atoms with Crippen LogP contribution in [0.25, 0.3) is 0 Å². The lowest BCUT2D eigenvalue weighted by atomic mass is 10.1. The zero-order valence-corrected chi connectivity index (χ0v) is 18.8. The van der Waals surface area contributed by atoms with Gasteiger partial charge in [0.1, 0.15) is 23.0 Å². The van der Waals surface area contributed by atoms with Crippen LogP contribution in [-0.4, -0.2) is 25.2 Å². The summed E-state index contributed by atoms with van der Waals surface area (Å²) in [4.78, 5) is 22.5. The van der Waals surface area contributed by atoms with Crippen molar-refractivity contribution in [3.63, 3.8) is 0 Å². The van der Waals surface area contributed by atoms with Gasteiger partial charge in [0.25, 0.3) is 0 Å². The Morgan fingerprint density at radius 3 is 1.41 bits per heavy atom. The topological polar surface area (TPSA) is 71.1 Å². The maximum atomic E-state index is 11.2. The first kappa shape index (κ1) is 24.3. The summed E-state index contributed by atoms with van der Waals surface area (Å²) in [5, 5.41) is 0. The van der Waals surface area contributed by atoms with Crippen molar-refractivity contribution in [2.24, 2.45) is 0 Å². The van der Waals surface area contributed by atoms with E-state index in [4.69, 9.17) is 18.9 Å². The summed E-state index contributed by atoms with van der Waals surface area (Å²) >= 11 is 0. The number of benzene rings is 3. The van der Waals surface area contributed by atoms with Crippen LogP contribution in [0.3, 0.4) is 0 Å². The van der Waals surface area contributed by atoms with E-state index in [1.54, 1.807) is 24.3 Å². The molecule has 0 saturated heterocycles. The van der Waals surface area contributed by atoms with Crippen LogP contribution in [0.2, 0.25) is 0 Å². The van der Waals surface area contributed by atoms with Gasteiger partial charge in [0.15, 0.2) is 0 Å². The fourth-order valence-corrected chi connectivity index (χ4v) is 2.99. The molecule has 6 heteroatoms. The fraction of sp³-hybridized carbons (Fsp3) is 0.143. The van der Waals surface area contributed by atoms with Crippen LogP contribution in [0.5, 0.6) is 23.0 Å². The molecule has 3 aromatic carbocycles. The van der Waals surface area contributed by atoms with Gasteiger partial charge in [0, 0.05) is 31.1 Å². The van der Waals surface area contributed by atoms with Crippen molar-refractivity contribution in [2.75, 3.05) is 13.2 Å². The summed E-state index contributed by atoms with van der Waals surface area (Å²) in [7, 11) is 0. The molecule has 0 unspecified atom stereocenters. The van der Waals surface area contributed by atoms with Crippen LogP contribution in [0.15, 0.2) is 98.1 Å². The van der Waals surface area contributed by atoms with Crippen molar-refractivity contribution in [3.05, 3.63) is 109 Å². The number of esters is 2. The van der Waals surface area contributed by atoms with Crippen molar-refractivity contribution in [3.8, 4) is 23.0 Å². The van der Waals surface area contributed by atoms with Crippen LogP contribution in [0.4, 0.5) is 0 Å². The van der Waals surface area contributed by atoms with E-state index in [2.05, 4.69) is 13.2 Å². The quantitative estimate of drug-likeness (QED) is 0.213. The van der Waals surface area contributed by atoms with Gasteiger partial charge in [0.2, 0.25) is 0 Å². The van der Waals surface area contributed by atoms with Gasteiger partial charge in [0.05, 0.1) is 13.2 Å². The van der Waals surface area contributed by atoms with E-state index < -0.39 is 11.9 Å². The van der Waals surface area contributed by atoms with Crippen molar-refractivity contribution < 1.29 is 28.5 Å². The van der Waals surface area contributed by atoms with Crippen molar-refractivity contribution in [1.29, 1.82) is 0 Å². The molecule has 34 heavy (non-hydrogen) atoms. The smallest absolute Gasteiger partial charge is 0.335 e. The van der Waals surface area contributed by atoms with Crippen LogP contribution >= 0.6 is 0 Å². The number of ether oxygens (including phenoxy) is 4. The first-order valence-electron chi connectivity index (χ1n) is 10.8. The van der Waals surface area contributed by atoms with Gasteiger partial charge in [-0.15, -0.1) is 0 Å². The van der Waals surface area contributed by atoms with Gasteiger partial charge in [-0.2, -0.15) is 0 Å². The van der Waals surface area contributed by atoms with E-state index in [9.17, 15) is 9.59 Å². The van der Waals surface area contributed by atoms with E-state index in [0.717, 1.165) is 34.8 Å². The second-order valence-electron chi connectivity index (χ2n) is 7.21. The van der Waals surface area contributed by atoms with E-state index in [0.29, 0.717) is 37.6 Å². The molecule has 0 bridgehead atoms. The molecule has 0 radical (unpaired) electrons. The van der Waals surface area contributed by atoms with Crippen molar-refractivity contribution in [2.45, 2.75) is 12.8 Å². The maximum Gasteiger partial charge on any atom is 0.335 e. The average molecular weight is 459 g/mol. The molecule has 0 amide bonds. The lowest BCUT2D eigenvalue weighted by Crippen LogP contribution is -2.05. The molecule has 0 atom stereocenters. The number of carbonyl (C=O) groups is 2. The summed E-state index contributed by atoms with van der Waals surface area (Å²) in [5.74, 6) is 1.44. The van der Waals surface area contributed by atoms with Gasteiger partial charge >= 0.3 is 11.9 Å². The largest absolute Gasteiger partial charge is 0.493 e. The third-order valence-corrected chi connectivity index (χ3v) is 4.74. The van der Waals surface area contributed by atoms with E-state index in [1.807, 2.05) is 48.5 Å². The highest BCUT2D eigenvalue weighted by Gasteiger charge is 2.03. The average Bonchev–Trinajstić information content (AvgIpc) is 2.86. The van der Waals surface area contributed by atoms with Gasteiger partial charge in [-0.3, -0.25) is 0 Å². The molecule has 0 aliphatic rings. The highest BCUT2D eigenvalue weighted by Crippen LogP contribution is 2.21. The second kappa shape index (κ2) is 12.6. The summed E-state index contributed by atoms with van der Waals surface area (Å²) in [5.41, 5.74) is 2.13. The normalized spacial score (nSPS) is 10.1. The third-order valence-electron chi connectivity index (χ3n) is 4.74. The predicted octanol–water partition coefficient (Wildman–Crippen LogP) is 5.11. The van der Waals surface area contributed by atoms with E-state index in [-0.39, 0.29) is 0 Å². The second-order valence-corrected chi connectivity index (χ2v) is 7.21. The number of hydrogen-bond donors (Lipinski definition) is 0. The van der Waals surface area contributed by atoms with Gasteiger partial charge < -0.3 is 18.9 Å². The van der Waals surface area contributed by atoms with Gasteiger partial charge in [-0.1, -0.05) is 43.5 Å². The molecule has 0 aliphatic heterocycles. The number of rotatable bonds is 12. The molecule has 0 fully saturated rings. The molecule has 0 aromatic heterocycles. The Labute approximate surface area is 199 Å². The Morgan fingerprint density at radius 2 is 1.03 bits per heavy atom. The SMILES string of the molecule is C=CC(=O)Oc1ccc(CCOc2cccc(OCCc3ccc(OC(=O)C=C)cc3)c2)cc1. The lowest BCUT2D eigenvalue weighted by molar-refractivity contribution is -0.129. The van der Waals surface area contributed by atoms with Crippen molar-refractivity contribution >= 4 is 11.9 Å². The minimum Gasteiger partial charge on any atom is -0.493 e. The summed E-state index contributed by atoms with van der Waals surface area (Å²) < 4.78 is 21.8. The summed E-state index contributed by atoms with van der Waals surface area (Å²) in [6.45, 7) is 7.75. The highest BCUT2D eigenvalue weighted by atomic mass is 16.5. The Morgan fingerprint density at radius 1 is 0.618 bits per heavy atom. The van der Waals surface area contributed by atoms with Gasteiger partial charge in [-0.05, 0) is 47.5 Å². The van der Waals surface area contributed by atoms with E-state index in [1.165, 1.54) is 0 Å². The molecule has 6 nitrogen and oxygen atoms in total. The molecule has 0 aliphatic carbocycles. The van der Waals surface area contributed by atoms with E-state index >= 15 is 0 Å². The summed E-state index contributed by atoms with van der Waals surface area (Å²) in [6, 6.07) is 22.1. The molecule has 0 heterocycles. The molecule has 174 valence electrons. The minimum absolute atomic E-state index is 0.478. The van der Waals surface area contributed by atoms with Crippen LogP contribution in [-0.2, 0) is 22.4 Å². The molecule has 0 spiro atoms. The maximum absolute atomic E-state index is 11.2. The monoisotopic (exact) mass is 458 g/mol. The Bertz CT molecular complexity index is 1030. The number of carbonyl (C=O) groups excluding carboxylic acids is 2. The Balaban J connectivity index is 1.41. The van der Waals surface area contributed by atoms with Crippen LogP contribution < -0.4 is 18.9 Å². The zero-order chi connectivity index (χ0) is 24.2. The summed E-state index contributed by atoms with van der Waals surface area (Å²) in [6.07, 6.45) is 3.67. The molecule has 0 N–H and O–H groups in total. The molecule has 3 rings (SSSR count). The predicted molar refractivity (Wildman–Crippen MR) is 129 cm³/mol. The molecular formula is C28H26O6.